The standard InChI is InChI=1S/C10H13BrFN/c1-6-8(3-4-13)5-9(11)7(2)10(6)12/h5H,3-4,13H2,1-2H3. The van der Waals surface area contributed by atoms with Crippen LogP contribution in [0.3, 0.4) is 0 Å². The smallest absolute Gasteiger partial charge is 0.130 e. The second-order valence-corrected chi connectivity index (χ2v) is 3.97. The van der Waals surface area contributed by atoms with Gasteiger partial charge in [0.05, 0.1) is 0 Å². The zero-order valence-electron chi connectivity index (χ0n) is 7.82. The van der Waals surface area contributed by atoms with E-state index in [2.05, 4.69) is 15.9 Å². The molecule has 0 saturated carbocycles. The van der Waals surface area contributed by atoms with E-state index in [0.29, 0.717) is 17.7 Å². The van der Waals surface area contributed by atoms with Crippen molar-refractivity contribution in [3.8, 4) is 0 Å². The van der Waals surface area contributed by atoms with Gasteiger partial charge >= 0.3 is 0 Å². The van der Waals surface area contributed by atoms with Gasteiger partial charge in [-0.1, -0.05) is 15.9 Å². The van der Waals surface area contributed by atoms with Crippen LogP contribution in [0.25, 0.3) is 0 Å². The third-order valence-electron chi connectivity index (χ3n) is 2.21. The average molecular weight is 246 g/mol. The maximum absolute atomic E-state index is 13.5. The Morgan fingerprint density at radius 3 is 2.54 bits per heavy atom. The van der Waals surface area contributed by atoms with Gasteiger partial charge in [-0.25, -0.2) is 4.39 Å². The van der Waals surface area contributed by atoms with Gasteiger partial charge in [0.2, 0.25) is 0 Å². The Morgan fingerprint density at radius 2 is 2.00 bits per heavy atom. The topological polar surface area (TPSA) is 26.0 Å². The molecule has 0 bridgehead atoms. The molecular weight excluding hydrogens is 233 g/mol. The second kappa shape index (κ2) is 4.20. The van der Waals surface area contributed by atoms with Crippen LogP contribution in [0, 0.1) is 19.7 Å². The van der Waals surface area contributed by atoms with Crippen molar-refractivity contribution >= 4 is 15.9 Å². The molecule has 2 N–H and O–H groups in total. The molecule has 0 heterocycles. The third-order valence-corrected chi connectivity index (χ3v) is 3.04. The normalized spacial score (nSPS) is 10.5. The SMILES string of the molecule is Cc1c(Br)cc(CCN)c(C)c1F. The van der Waals surface area contributed by atoms with E-state index >= 15 is 0 Å². The van der Waals surface area contributed by atoms with Gasteiger partial charge in [-0.2, -0.15) is 0 Å². The van der Waals surface area contributed by atoms with E-state index in [1.807, 2.05) is 6.07 Å². The highest BCUT2D eigenvalue weighted by Gasteiger charge is 2.09. The lowest BCUT2D eigenvalue weighted by atomic mass is 10.0. The summed E-state index contributed by atoms with van der Waals surface area (Å²) in [5, 5.41) is 0. The lowest BCUT2D eigenvalue weighted by molar-refractivity contribution is 0.604. The van der Waals surface area contributed by atoms with Crippen molar-refractivity contribution in [3.63, 3.8) is 0 Å². The van der Waals surface area contributed by atoms with Crippen LogP contribution < -0.4 is 5.73 Å². The Kier molecular flexibility index (Phi) is 3.45. The van der Waals surface area contributed by atoms with Crippen molar-refractivity contribution in [1.29, 1.82) is 0 Å². The molecule has 1 rings (SSSR count). The summed E-state index contributed by atoms with van der Waals surface area (Å²) in [6.07, 6.45) is 0.724. The monoisotopic (exact) mass is 245 g/mol. The number of hydrogen-bond acceptors (Lipinski definition) is 1. The van der Waals surface area contributed by atoms with Crippen molar-refractivity contribution in [1.82, 2.24) is 0 Å². The highest BCUT2D eigenvalue weighted by molar-refractivity contribution is 9.10. The Labute approximate surface area is 86.3 Å². The molecule has 72 valence electrons. The summed E-state index contributed by atoms with van der Waals surface area (Å²) in [6.45, 7) is 4.11. The number of halogens is 2. The molecule has 0 aliphatic heterocycles. The van der Waals surface area contributed by atoms with Crippen LogP contribution in [0.5, 0.6) is 0 Å². The number of hydrogen-bond donors (Lipinski definition) is 1. The molecule has 1 nitrogen and oxygen atoms in total. The van der Waals surface area contributed by atoms with Gasteiger partial charge in [-0.3, -0.25) is 0 Å². The minimum absolute atomic E-state index is 0.127. The molecule has 0 radical (unpaired) electrons. The molecule has 0 saturated heterocycles. The Bertz CT molecular complexity index is 323. The predicted molar refractivity (Wildman–Crippen MR) is 56.3 cm³/mol. The molecule has 0 fully saturated rings. The Balaban J connectivity index is 3.24. The first-order chi connectivity index (χ1) is 6.07. The summed E-state index contributed by atoms with van der Waals surface area (Å²) < 4.78 is 14.3. The quantitative estimate of drug-likeness (QED) is 0.853. The highest BCUT2D eigenvalue weighted by atomic mass is 79.9. The molecule has 0 aliphatic carbocycles. The number of benzene rings is 1. The van der Waals surface area contributed by atoms with Gasteiger partial charge < -0.3 is 5.73 Å². The molecule has 1 aromatic rings. The van der Waals surface area contributed by atoms with Gasteiger partial charge in [0.25, 0.3) is 0 Å². The minimum atomic E-state index is -0.127. The maximum atomic E-state index is 13.5. The number of nitrogens with two attached hydrogens (primary N) is 1. The summed E-state index contributed by atoms with van der Waals surface area (Å²) in [4.78, 5) is 0. The van der Waals surface area contributed by atoms with Crippen molar-refractivity contribution in [2.24, 2.45) is 5.73 Å². The molecular formula is C10H13BrFN. The summed E-state index contributed by atoms with van der Waals surface area (Å²) in [5.41, 5.74) is 7.79. The van der Waals surface area contributed by atoms with Crippen LogP contribution in [-0.4, -0.2) is 6.54 Å². The Morgan fingerprint density at radius 1 is 1.38 bits per heavy atom. The molecule has 3 heteroatoms. The van der Waals surface area contributed by atoms with Crippen LogP contribution in [0.1, 0.15) is 16.7 Å². The van der Waals surface area contributed by atoms with Crippen molar-refractivity contribution in [3.05, 3.63) is 33.0 Å². The lowest BCUT2D eigenvalue weighted by Crippen LogP contribution is -2.06. The molecule has 0 aliphatic rings. The van der Waals surface area contributed by atoms with E-state index in [-0.39, 0.29) is 5.82 Å². The van der Waals surface area contributed by atoms with Crippen LogP contribution in [0.2, 0.25) is 0 Å². The van der Waals surface area contributed by atoms with E-state index in [0.717, 1.165) is 16.5 Å². The first-order valence-electron chi connectivity index (χ1n) is 4.22. The summed E-state index contributed by atoms with van der Waals surface area (Å²) in [6, 6.07) is 1.95. The van der Waals surface area contributed by atoms with E-state index in [4.69, 9.17) is 5.73 Å². The second-order valence-electron chi connectivity index (χ2n) is 3.12. The highest BCUT2D eigenvalue weighted by Crippen LogP contribution is 2.25. The Hall–Kier alpha value is -0.410. The minimum Gasteiger partial charge on any atom is -0.330 e. The first-order valence-corrected chi connectivity index (χ1v) is 5.01. The molecule has 0 spiro atoms. The lowest BCUT2D eigenvalue weighted by Gasteiger charge is -2.09. The van der Waals surface area contributed by atoms with Gasteiger partial charge in [0, 0.05) is 4.47 Å². The average Bonchev–Trinajstić information content (AvgIpc) is 2.11. The van der Waals surface area contributed by atoms with E-state index in [9.17, 15) is 4.39 Å². The van der Waals surface area contributed by atoms with E-state index in [1.165, 1.54) is 0 Å². The summed E-state index contributed by atoms with van der Waals surface area (Å²) in [5.74, 6) is -0.127. The predicted octanol–water partition coefficient (Wildman–Crippen LogP) is 2.71. The van der Waals surface area contributed by atoms with E-state index < -0.39 is 0 Å². The number of rotatable bonds is 2. The maximum Gasteiger partial charge on any atom is 0.130 e. The van der Waals surface area contributed by atoms with Crippen LogP contribution in [-0.2, 0) is 6.42 Å². The fourth-order valence-electron chi connectivity index (χ4n) is 1.31. The molecule has 0 unspecified atom stereocenters. The molecule has 0 amide bonds. The largest absolute Gasteiger partial charge is 0.330 e. The summed E-state index contributed by atoms with van der Waals surface area (Å²) >= 11 is 3.32. The van der Waals surface area contributed by atoms with Crippen molar-refractivity contribution in [2.75, 3.05) is 6.54 Å². The molecule has 0 atom stereocenters. The molecule has 1 aromatic carbocycles. The van der Waals surface area contributed by atoms with Crippen molar-refractivity contribution < 1.29 is 4.39 Å². The van der Waals surface area contributed by atoms with Gasteiger partial charge in [0.1, 0.15) is 5.82 Å². The fourth-order valence-corrected chi connectivity index (χ4v) is 1.76. The zero-order valence-corrected chi connectivity index (χ0v) is 9.41. The molecule has 13 heavy (non-hydrogen) atoms. The van der Waals surface area contributed by atoms with Gasteiger partial charge in [-0.05, 0) is 49.6 Å². The van der Waals surface area contributed by atoms with Gasteiger partial charge in [-0.15, -0.1) is 0 Å². The van der Waals surface area contributed by atoms with Crippen LogP contribution in [0.4, 0.5) is 4.39 Å². The van der Waals surface area contributed by atoms with Crippen LogP contribution >= 0.6 is 15.9 Å². The molecule has 0 aromatic heterocycles. The zero-order chi connectivity index (χ0) is 10.0. The van der Waals surface area contributed by atoms with Gasteiger partial charge in [0.15, 0.2) is 0 Å². The summed E-state index contributed by atoms with van der Waals surface area (Å²) in [7, 11) is 0. The van der Waals surface area contributed by atoms with Crippen LogP contribution in [0.15, 0.2) is 10.5 Å². The third kappa shape index (κ3) is 2.09. The first kappa shape index (κ1) is 10.7. The van der Waals surface area contributed by atoms with E-state index in [1.54, 1.807) is 13.8 Å². The fraction of sp³-hybridized carbons (Fsp3) is 0.400. The van der Waals surface area contributed by atoms with Crippen molar-refractivity contribution in [2.45, 2.75) is 20.3 Å².